The van der Waals surface area contributed by atoms with Crippen LogP contribution in [0.5, 0.6) is 0 Å². The fourth-order valence-corrected chi connectivity index (χ4v) is 1.90. The highest BCUT2D eigenvalue weighted by atomic mass is 35.5. The monoisotopic (exact) mass is 215 g/mol. The lowest BCUT2D eigenvalue weighted by Gasteiger charge is -2.15. The average molecular weight is 216 g/mol. The molecule has 0 aliphatic carbocycles. The van der Waals surface area contributed by atoms with Crippen molar-refractivity contribution in [1.82, 2.24) is 9.78 Å². The first-order chi connectivity index (χ1) is 6.79. The smallest absolute Gasteiger partial charge is 0.140 e. The van der Waals surface area contributed by atoms with Crippen LogP contribution in [0.2, 0.25) is 5.02 Å². The number of nitrogens with two attached hydrogens (primary N) is 1. The van der Waals surface area contributed by atoms with Gasteiger partial charge in [0.2, 0.25) is 0 Å². The number of halogens is 1. The van der Waals surface area contributed by atoms with Gasteiger partial charge in [0.15, 0.2) is 0 Å². The summed E-state index contributed by atoms with van der Waals surface area (Å²) in [7, 11) is 0. The summed E-state index contributed by atoms with van der Waals surface area (Å²) in [5.41, 5.74) is 5.81. The van der Waals surface area contributed by atoms with Crippen LogP contribution in [-0.2, 0) is 4.74 Å². The predicted octanol–water partition coefficient (Wildman–Crippen LogP) is 1.86. The molecule has 2 heterocycles. The van der Waals surface area contributed by atoms with Crippen LogP contribution in [0.1, 0.15) is 25.3 Å². The molecule has 1 aliphatic rings. The lowest BCUT2D eigenvalue weighted by atomic mass is 10.1. The topological polar surface area (TPSA) is 53.1 Å². The van der Waals surface area contributed by atoms with E-state index in [-0.39, 0.29) is 0 Å². The quantitative estimate of drug-likeness (QED) is 0.778. The largest absolute Gasteiger partial charge is 0.383 e. The molecule has 1 saturated heterocycles. The minimum atomic E-state index is 0.338. The van der Waals surface area contributed by atoms with Crippen molar-refractivity contribution >= 4 is 17.4 Å². The lowest BCUT2D eigenvalue weighted by molar-refractivity contribution is 0.141. The van der Waals surface area contributed by atoms with Gasteiger partial charge in [-0.15, -0.1) is 0 Å². The Morgan fingerprint density at radius 2 is 2.36 bits per heavy atom. The summed E-state index contributed by atoms with van der Waals surface area (Å²) in [5.74, 6) is 0.568. The van der Waals surface area contributed by atoms with Gasteiger partial charge in [0.1, 0.15) is 10.8 Å². The summed E-state index contributed by atoms with van der Waals surface area (Å²) in [6, 6.07) is 0.338. The van der Waals surface area contributed by atoms with Crippen molar-refractivity contribution in [2.75, 3.05) is 18.9 Å². The summed E-state index contributed by atoms with van der Waals surface area (Å²) in [5, 5.41) is 4.72. The molecule has 4 nitrogen and oxygen atoms in total. The molecule has 0 spiro atoms. The first-order valence-electron chi connectivity index (χ1n) is 4.85. The number of nitrogens with zero attached hydrogens (tertiary/aromatic N) is 2. The first kappa shape index (κ1) is 9.80. The SMILES string of the molecule is Nc1c(Cl)cnn1C1CCCOCC1. The minimum Gasteiger partial charge on any atom is -0.383 e. The highest BCUT2D eigenvalue weighted by Crippen LogP contribution is 2.27. The van der Waals surface area contributed by atoms with Crippen LogP contribution in [0.3, 0.4) is 0 Å². The van der Waals surface area contributed by atoms with E-state index in [4.69, 9.17) is 22.1 Å². The maximum Gasteiger partial charge on any atom is 0.140 e. The molecule has 0 bridgehead atoms. The van der Waals surface area contributed by atoms with Crippen molar-refractivity contribution in [2.24, 2.45) is 0 Å². The second kappa shape index (κ2) is 4.19. The van der Waals surface area contributed by atoms with E-state index in [1.165, 1.54) is 0 Å². The van der Waals surface area contributed by atoms with E-state index >= 15 is 0 Å². The second-order valence-corrected chi connectivity index (χ2v) is 3.93. The van der Waals surface area contributed by atoms with Crippen molar-refractivity contribution in [3.63, 3.8) is 0 Å². The summed E-state index contributed by atoms with van der Waals surface area (Å²) >= 11 is 5.85. The summed E-state index contributed by atoms with van der Waals surface area (Å²) in [4.78, 5) is 0. The van der Waals surface area contributed by atoms with Gasteiger partial charge in [0.05, 0.1) is 12.2 Å². The zero-order chi connectivity index (χ0) is 9.97. The molecule has 1 aromatic rings. The van der Waals surface area contributed by atoms with E-state index in [2.05, 4.69) is 5.10 Å². The number of rotatable bonds is 1. The van der Waals surface area contributed by atoms with Gasteiger partial charge >= 0.3 is 0 Å². The number of nitrogen functional groups attached to an aromatic ring is 1. The molecule has 1 aromatic heterocycles. The molecule has 1 unspecified atom stereocenters. The third-order valence-corrected chi connectivity index (χ3v) is 2.85. The third-order valence-electron chi connectivity index (χ3n) is 2.55. The Kier molecular flexibility index (Phi) is 2.93. The summed E-state index contributed by atoms with van der Waals surface area (Å²) in [6.07, 6.45) is 4.68. The van der Waals surface area contributed by atoms with Crippen molar-refractivity contribution < 1.29 is 4.74 Å². The Labute approximate surface area is 88.0 Å². The minimum absolute atomic E-state index is 0.338. The maximum atomic E-state index is 5.85. The van der Waals surface area contributed by atoms with Crippen LogP contribution in [0.4, 0.5) is 5.82 Å². The summed E-state index contributed by atoms with van der Waals surface area (Å²) in [6.45, 7) is 1.62. The Hall–Kier alpha value is -0.740. The molecule has 0 aromatic carbocycles. The molecular formula is C9H14ClN3O. The molecule has 0 saturated carbocycles. The normalized spacial score (nSPS) is 23.4. The van der Waals surface area contributed by atoms with Crippen LogP contribution in [0.25, 0.3) is 0 Å². The molecule has 2 rings (SSSR count). The number of ether oxygens (including phenoxy) is 1. The van der Waals surface area contributed by atoms with Gasteiger partial charge in [-0.3, -0.25) is 0 Å². The van der Waals surface area contributed by atoms with Crippen LogP contribution >= 0.6 is 11.6 Å². The van der Waals surface area contributed by atoms with E-state index < -0.39 is 0 Å². The molecule has 0 radical (unpaired) electrons. The fraction of sp³-hybridized carbons (Fsp3) is 0.667. The highest BCUT2D eigenvalue weighted by Gasteiger charge is 2.18. The third kappa shape index (κ3) is 1.86. The molecular weight excluding hydrogens is 202 g/mol. The van der Waals surface area contributed by atoms with E-state index in [1.54, 1.807) is 6.20 Å². The molecule has 1 atom stereocenters. The van der Waals surface area contributed by atoms with Crippen molar-refractivity contribution in [3.8, 4) is 0 Å². The number of hydrogen-bond acceptors (Lipinski definition) is 3. The zero-order valence-corrected chi connectivity index (χ0v) is 8.70. The van der Waals surface area contributed by atoms with Crippen LogP contribution in [0, 0.1) is 0 Å². The second-order valence-electron chi connectivity index (χ2n) is 3.52. The zero-order valence-electron chi connectivity index (χ0n) is 7.95. The number of anilines is 1. The van der Waals surface area contributed by atoms with Gasteiger partial charge in [-0.1, -0.05) is 11.6 Å². The van der Waals surface area contributed by atoms with Crippen molar-refractivity contribution in [1.29, 1.82) is 0 Å². The van der Waals surface area contributed by atoms with E-state index in [0.29, 0.717) is 16.9 Å². The molecule has 2 N–H and O–H groups in total. The molecule has 78 valence electrons. The fourth-order valence-electron chi connectivity index (χ4n) is 1.77. The van der Waals surface area contributed by atoms with E-state index in [1.807, 2.05) is 4.68 Å². The summed E-state index contributed by atoms with van der Waals surface area (Å²) < 4.78 is 7.19. The Balaban J connectivity index is 2.16. The lowest BCUT2D eigenvalue weighted by Crippen LogP contribution is -2.13. The predicted molar refractivity (Wildman–Crippen MR) is 55.4 cm³/mol. The van der Waals surface area contributed by atoms with Crippen LogP contribution in [-0.4, -0.2) is 23.0 Å². The molecule has 5 heteroatoms. The van der Waals surface area contributed by atoms with E-state index in [0.717, 1.165) is 32.5 Å². The van der Waals surface area contributed by atoms with Gasteiger partial charge in [-0.05, 0) is 19.3 Å². The van der Waals surface area contributed by atoms with Gasteiger partial charge < -0.3 is 10.5 Å². The first-order valence-corrected chi connectivity index (χ1v) is 5.23. The average Bonchev–Trinajstić information content (AvgIpc) is 2.47. The number of aromatic nitrogens is 2. The van der Waals surface area contributed by atoms with Gasteiger partial charge in [0.25, 0.3) is 0 Å². The van der Waals surface area contributed by atoms with E-state index in [9.17, 15) is 0 Å². The van der Waals surface area contributed by atoms with Gasteiger partial charge in [0, 0.05) is 13.2 Å². The number of hydrogen-bond donors (Lipinski definition) is 1. The standard InChI is InChI=1S/C9H14ClN3O/c10-8-6-12-13(9(8)11)7-2-1-4-14-5-3-7/h6-7H,1-5,11H2. The van der Waals surface area contributed by atoms with Crippen molar-refractivity contribution in [2.45, 2.75) is 25.3 Å². The molecule has 0 amide bonds. The maximum absolute atomic E-state index is 5.85. The molecule has 1 aliphatic heterocycles. The molecule has 14 heavy (non-hydrogen) atoms. The van der Waals surface area contributed by atoms with Gasteiger partial charge in [-0.2, -0.15) is 5.10 Å². The van der Waals surface area contributed by atoms with Gasteiger partial charge in [-0.25, -0.2) is 4.68 Å². The van der Waals surface area contributed by atoms with Crippen LogP contribution in [0.15, 0.2) is 6.20 Å². The Morgan fingerprint density at radius 1 is 1.50 bits per heavy atom. The van der Waals surface area contributed by atoms with Crippen molar-refractivity contribution in [3.05, 3.63) is 11.2 Å². The highest BCUT2D eigenvalue weighted by molar-refractivity contribution is 6.32. The molecule has 1 fully saturated rings. The Bertz CT molecular complexity index is 305. The Morgan fingerprint density at radius 3 is 3.07 bits per heavy atom. The van der Waals surface area contributed by atoms with Crippen LogP contribution < -0.4 is 5.73 Å².